The third-order valence-electron chi connectivity index (χ3n) is 5.05. The summed E-state index contributed by atoms with van der Waals surface area (Å²) in [6.45, 7) is 2.43. The number of quaternary nitrogens is 1. The normalized spacial score (nSPS) is 17.1. The fraction of sp³-hybridized carbons (Fsp3) is 0.550. The number of unbranched alkanes of at least 4 members (excludes halogenated alkanes) is 2. The first-order chi connectivity index (χ1) is 13.2. The smallest absolute Gasteiger partial charge is 0.231 e. The molecule has 3 rings (SSSR count). The van der Waals surface area contributed by atoms with Crippen LogP contribution in [0, 0.1) is 0 Å². The van der Waals surface area contributed by atoms with Crippen LogP contribution < -0.4 is 10.5 Å². The van der Waals surface area contributed by atoms with Gasteiger partial charge >= 0.3 is 0 Å². The predicted molar refractivity (Wildman–Crippen MR) is 101 cm³/mol. The number of benzene rings is 1. The van der Waals surface area contributed by atoms with Gasteiger partial charge in [-0.25, -0.2) is 0 Å². The number of piperidine rings is 1. The first-order valence-corrected chi connectivity index (χ1v) is 9.76. The number of rotatable bonds is 8. The zero-order chi connectivity index (χ0) is 19.1. The lowest BCUT2D eigenvalue weighted by Gasteiger charge is -2.31. The maximum atomic E-state index is 12.5. The Hall–Kier alpha value is -2.41. The van der Waals surface area contributed by atoms with E-state index < -0.39 is 0 Å². The van der Waals surface area contributed by atoms with Gasteiger partial charge in [-0.1, -0.05) is 5.16 Å². The maximum absolute atomic E-state index is 12.5. The minimum absolute atomic E-state index is 0.113. The molecule has 1 aliphatic heterocycles. The Morgan fingerprint density at radius 3 is 2.85 bits per heavy atom. The van der Waals surface area contributed by atoms with E-state index in [2.05, 4.69) is 15.9 Å². The minimum Gasteiger partial charge on any atom is -0.497 e. The zero-order valence-corrected chi connectivity index (χ0v) is 16.0. The largest absolute Gasteiger partial charge is 0.497 e. The number of hydrogen-bond acceptors (Lipinski definition) is 5. The molecule has 1 aliphatic rings. The highest BCUT2D eigenvalue weighted by Crippen LogP contribution is 2.28. The van der Waals surface area contributed by atoms with Gasteiger partial charge in [-0.2, -0.15) is 4.98 Å². The van der Waals surface area contributed by atoms with E-state index in [-0.39, 0.29) is 11.8 Å². The summed E-state index contributed by atoms with van der Waals surface area (Å²) < 4.78 is 10.7. The Balaban J connectivity index is 1.59. The lowest BCUT2D eigenvalue weighted by atomic mass is 9.97. The molecule has 7 nitrogen and oxygen atoms in total. The fourth-order valence-corrected chi connectivity index (χ4v) is 3.45. The second kappa shape index (κ2) is 9.50. The number of carbonyl (C=O) groups is 1. The number of carbonyl (C=O) groups excluding carboxylic acids is 1. The molecular weight excluding hydrogens is 344 g/mol. The van der Waals surface area contributed by atoms with Gasteiger partial charge in [0.25, 0.3) is 0 Å². The fourth-order valence-electron chi connectivity index (χ4n) is 3.45. The average molecular weight is 373 g/mol. The number of ether oxygens (including phenoxy) is 1. The first kappa shape index (κ1) is 19.4. The number of hydrogen-bond donors (Lipinski definition) is 1. The highest BCUT2D eigenvalue weighted by atomic mass is 16.5. The van der Waals surface area contributed by atoms with Crippen molar-refractivity contribution in [1.29, 1.82) is 0 Å². The highest BCUT2D eigenvalue weighted by molar-refractivity contribution is 5.76. The topological polar surface area (TPSA) is 96.1 Å². The van der Waals surface area contributed by atoms with Crippen molar-refractivity contribution in [2.75, 3.05) is 26.7 Å². The summed E-state index contributed by atoms with van der Waals surface area (Å²) in [6.07, 6.45) is 5.66. The zero-order valence-electron chi connectivity index (χ0n) is 16.0. The molecule has 0 saturated carbocycles. The van der Waals surface area contributed by atoms with E-state index in [0.29, 0.717) is 24.7 Å². The molecule has 2 aromatic rings. The average Bonchev–Trinajstić information content (AvgIpc) is 3.21. The van der Waals surface area contributed by atoms with Crippen molar-refractivity contribution < 1.29 is 19.8 Å². The SMILES string of the molecule is COc1ccc(-c2noc([C@@H]3CCCN(C(=O)CCCCC[NH3+])C3)n2)cc1. The third kappa shape index (κ3) is 5.07. The molecule has 0 aliphatic carbocycles. The van der Waals surface area contributed by atoms with Crippen LogP contribution in [0.15, 0.2) is 28.8 Å². The number of nitrogens with zero attached hydrogens (tertiary/aromatic N) is 3. The quantitative estimate of drug-likeness (QED) is 0.716. The van der Waals surface area contributed by atoms with Gasteiger partial charge in [0.2, 0.25) is 17.6 Å². The van der Waals surface area contributed by atoms with Crippen LogP contribution in [-0.4, -0.2) is 47.7 Å². The van der Waals surface area contributed by atoms with Gasteiger partial charge in [-0.05, 0) is 56.4 Å². The van der Waals surface area contributed by atoms with E-state index in [1.165, 1.54) is 0 Å². The van der Waals surface area contributed by atoms with E-state index >= 15 is 0 Å². The summed E-state index contributed by atoms with van der Waals surface area (Å²) in [5, 5.41) is 4.12. The van der Waals surface area contributed by atoms with Crippen molar-refractivity contribution in [1.82, 2.24) is 15.0 Å². The lowest BCUT2D eigenvalue weighted by Crippen LogP contribution is -2.50. The summed E-state index contributed by atoms with van der Waals surface area (Å²) in [7, 11) is 1.64. The van der Waals surface area contributed by atoms with E-state index in [1.54, 1.807) is 7.11 Å². The Morgan fingerprint density at radius 1 is 1.30 bits per heavy atom. The summed E-state index contributed by atoms with van der Waals surface area (Å²) >= 11 is 0. The van der Waals surface area contributed by atoms with Crippen LogP contribution in [0.4, 0.5) is 0 Å². The Morgan fingerprint density at radius 2 is 2.11 bits per heavy atom. The van der Waals surface area contributed by atoms with Crippen LogP contribution in [0.2, 0.25) is 0 Å². The number of likely N-dealkylation sites (tertiary alicyclic amines) is 1. The summed E-state index contributed by atoms with van der Waals surface area (Å²) in [5.41, 5.74) is 4.73. The van der Waals surface area contributed by atoms with Crippen LogP contribution in [0.3, 0.4) is 0 Å². The molecule has 0 bridgehead atoms. The Kier molecular flexibility index (Phi) is 6.81. The van der Waals surface area contributed by atoms with Crippen molar-refractivity contribution in [3.63, 3.8) is 0 Å². The molecule has 7 heteroatoms. The number of aromatic nitrogens is 2. The second-order valence-corrected chi connectivity index (χ2v) is 7.03. The second-order valence-electron chi connectivity index (χ2n) is 7.03. The Bertz CT molecular complexity index is 729. The molecule has 27 heavy (non-hydrogen) atoms. The van der Waals surface area contributed by atoms with Crippen LogP contribution in [0.5, 0.6) is 5.75 Å². The van der Waals surface area contributed by atoms with Gasteiger partial charge in [-0.3, -0.25) is 4.79 Å². The minimum atomic E-state index is 0.113. The third-order valence-corrected chi connectivity index (χ3v) is 5.05. The Labute approximate surface area is 159 Å². The monoisotopic (exact) mass is 373 g/mol. The van der Waals surface area contributed by atoms with Crippen LogP contribution >= 0.6 is 0 Å². The first-order valence-electron chi connectivity index (χ1n) is 9.76. The number of methoxy groups -OCH3 is 1. The molecular formula is C20H29N4O3+. The molecule has 146 valence electrons. The molecule has 0 spiro atoms. The summed E-state index contributed by atoms with van der Waals surface area (Å²) in [4.78, 5) is 19.0. The van der Waals surface area contributed by atoms with Crippen LogP contribution in [-0.2, 0) is 4.79 Å². The summed E-state index contributed by atoms with van der Waals surface area (Å²) in [6, 6.07) is 7.58. The molecule has 3 N–H and O–H groups in total. The molecule has 2 heterocycles. The van der Waals surface area contributed by atoms with Gasteiger partial charge < -0.3 is 19.9 Å². The van der Waals surface area contributed by atoms with Gasteiger partial charge in [0, 0.05) is 25.1 Å². The van der Waals surface area contributed by atoms with E-state index in [4.69, 9.17) is 9.26 Å². The molecule has 1 saturated heterocycles. The predicted octanol–water partition coefficient (Wildman–Crippen LogP) is 2.25. The maximum Gasteiger partial charge on any atom is 0.231 e. The molecule has 0 radical (unpaired) electrons. The van der Waals surface area contributed by atoms with Gasteiger partial charge in [0.1, 0.15) is 5.75 Å². The van der Waals surface area contributed by atoms with Gasteiger partial charge in [0.15, 0.2) is 0 Å². The van der Waals surface area contributed by atoms with E-state index in [1.807, 2.05) is 29.2 Å². The molecule has 1 amide bonds. The van der Waals surface area contributed by atoms with E-state index in [9.17, 15) is 4.79 Å². The van der Waals surface area contributed by atoms with Crippen molar-refractivity contribution in [3.8, 4) is 17.1 Å². The molecule has 1 fully saturated rings. The summed E-state index contributed by atoms with van der Waals surface area (Å²) in [5.74, 6) is 2.33. The van der Waals surface area contributed by atoms with E-state index in [0.717, 1.165) is 56.5 Å². The lowest BCUT2D eigenvalue weighted by molar-refractivity contribution is -0.368. The number of amides is 1. The van der Waals surface area contributed by atoms with Crippen molar-refractivity contribution in [2.45, 2.75) is 44.4 Å². The molecule has 1 aromatic carbocycles. The van der Waals surface area contributed by atoms with Crippen LogP contribution in [0.1, 0.15) is 50.3 Å². The molecule has 1 aromatic heterocycles. The van der Waals surface area contributed by atoms with Crippen LogP contribution in [0.25, 0.3) is 11.4 Å². The molecule has 0 unspecified atom stereocenters. The van der Waals surface area contributed by atoms with Crippen molar-refractivity contribution in [2.24, 2.45) is 0 Å². The standard InChI is InChI=1S/C20H28N4O3/c1-26-17-10-8-15(9-11-17)19-22-20(27-23-19)16-6-5-13-24(14-16)18(25)7-3-2-4-12-21/h8-11,16H,2-7,12-14,21H2,1H3/p+1/t16-/m1/s1. The van der Waals surface area contributed by atoms with Gasteiger partial charge in [0.05, 0.1) is 19.6 Å². The highest BCUT2D eigenvalue weighted by Gasteiger charge is 2.28. The van der Waals surface area contributed by atoms with Crippen molar-refractivity contribution in [3.05, 3.63) is 30.2 Å². The molecule has 1 atom stereocenters. The van der Waals surface area contributed by atoms with Crippen molar-refractivity contribution >= 4 is 5.91 Å². The van der Waals surface area contributed by atoms with Gasteiger partial charge in [-0.15, -0.1) is 0 Å².